The Hall–Kier alpha value is -0.0600. The van der Waals surface area contributed by atoms with Gasteiger partial charge in [-0.15, -0.1) is 0 Å². The van der Waals surface area contributed by atoms with Crippen molar-refractivity contribution in [1.29, 1.82) is 0 Å². The van der Waals surface area contributed by atoms with Gasteiger partial charge in [-0.05, 0) is 87.6 Å². The maximum atomic E-state index is 5.63. The van der Waals surface area contributed by atoms with E-state index in [0.717, 1.165) is 33.1 Å². The van der Waals surface area contributed by atoms with E-state index in [0.29, 0.717) is 12.6 Å². The molecule has 1 aromatic carbocycles. The molecule has 1 saturated carbocycles. The molecule has 1 N–H and O–H groups in total. The SMILES string of the molecule is CCOc1c(Br)cc(CNC2CC(C)CC(C)C2)cc1Br. The Labute approximate surface area is 145 Å². The zero-order chi connectivity index (χ0) is 15.4. The van der Waals surface area contributed by atoms with Crippen molar-refractivity contribution in [2.24, 2.45) is 11.8 Å². The van der Waals surface area contributed by atoms with Crippen LogP contribution in [0.2, 0.25) is 0 Å². The highest BCUT2D eigenvalue weighted by atomic mass is 79.9. The summed E-state index contributed by atoms with van der Waals surface area (Å²) >= 11 is 7.20. The molecular weight excluding hydrogens is 394 g/mol. The van der Waals surface area contributed by atoms with Gasteiger partial charge in [-0.3, -0.25) is 0 Å². The van der Waals surface area contributed by atoms with Crippen molar-refractivity contribution in [3.63, 3.8) is 0 Å². The monoisotopic (exact) mass is 417 g/mol. The maximum absolute atomic E-state index is 5.63. The van der Waals surface area contributed by atoms with Crippen molar-refractivity contribution in [2.45, 2.75) is 52.6 Å². The minimum absolute atomic E-state index is 0.646. The second-order valence-corrected chi connectivity index (χ2v) is 8.03. The molecule has 0 saturated heterocycles. The number of benzene rings is 1. The van der Waals surface area contributed by atoms with Crippen LogP contribution in [0.1, 0.15) is 45.6 Å². The van der Waals surface area contributed by atoms with E-state index in [2.05, 4.69) is 63.2 Å². The average Bonchev–Trinajstić information content (AvgIpc) is 2.39. The molecule has 1 aliphatic rings. The first kappa shape index (κ1) is 17.3. The number of ether oxygens (including phenoxy) is 1. The largest absolute Gasteiger partial charge is 0.492 e. The van der Waals surface area contributed by atoms with Crippen LogP contribution in [0.5, 0.6) is 5.75 Å². The molecule has 2 unspecified atom stereocenters. The van der Waals surface area contributed by atoms with E-state index in [-0.39, 0.29) is 0 Å². The number of halogens is 2. The maximum Gasteiger partial charge on any atom is 0.147 e. The van der Waals surface area contributed by atoms with Crippen molar-refractivity contribution in [1.82, 2.24) is 5.32 Å². The highest BCUT2D eigenvalue weighted by Gasteiger charge is 2.23. The van der Waals surface area contributed by atoms with E-state index < -0.39 is 0 Å². The summed E-state index contributed by atoms with van der Waals surface area (Å²) in [6.07, 6.45) is 3.96. The lowest BCUT2D eigenvalue weighted by atomic mass is 9.80. The molecule has 1 aliphatic carbocycles. The van der Waals surface area contributed by atoms with E-state index in [4.69, 9.17) is 4.74 Å². The Morgan fingerprint density at radius 2 is 1.67 bits per heavy atom. The summed E-state index contributed by atoms with van der Waals surface area (Å²) in [6, 6.07) is 4.95. The van der Waals surface area contributed by atoms with Crippen molar-refractivity contribution < 1.29 is 4.74 Å². The fourth-order valence-corrected chi connectivity index (χ4v) is 4.88. The summed E-state index contributed by atoms with van der Waals surface area (Å²) < 4.78 is 7.66. The van der Waals surface area contributed by atoms with Crippen LogP contribution >= 0.6 is 31.9 Å². The number of hydrogen-bond donors (Lipinski definition) is 1. The molecule has 0 spiro atoms. The molecule has 1 fully saturated rings. The van der Waals surface area contributed by atoms with Gasteiger partial charge in [-0.2, -0.15) is 0 Å². The quantitative estimate of drug-likeness (QED) is 0.679. The van der Waals surface area contributed by atoms with Gasteiger partial charge in [-0.1, -0.05) is 13.8 Å². The highest BCUT2D eigenvalue weighted by Crippen LogP contribution is 2.35. The summed E-state index contributed by atoms with van der Waals surface area (Å²) in [6.45, 7) is 8.32. The van der Waals surface area contributed by atoms with E-state index in [1.807, 2.05) is 6.92 Å². The number of rotatable bonds is 5. The highest BCUT2D eigenvalue weighted by molar-refractivity contribution is 9.11. The molecule has 1 aromatic rings. The third kappa shape index (κ3) is 4.97. The standard InChI is InChI=1S/C17H25Br2NO/c1-4-21-17-15(18)8-13(9-16(17)19)10-20-14-6-11(2)5-12(3)7-14/h8-9,11-12,14,20H,4-7,10H2,1-3H3. The molecule has 4 heteroatoms. The van der Waals surface area contributed by atoms with Gasteiger partial charge >= 0.3 is 0 Å². The molecule has 0 bridgehead atoms. The first-order chi connectivity index (χ1) is 9.99. The molecule has 2 nitrogen and oxygen atoms in total. The Balaban J connectivity index is 1.97. The van der Waals surface area contributed by atoms with Gasteiger partial charge in [0, 0.05) is 12.6 Å². The third-order valence-electron chi connectivity index (χ3n) is 4.12. The lowest BCUT2D eigenvalue weighted by Crippen LogP contribution is -2.35. The first-order valence-corrected chi connectivity index (χ1v) is 9.42. The van der Waals surface area contributed by atoms with Crippen LogP contribution in [-0.2, 0) is 6.54 Å². The van der Waals surface area contributed by atoms with Crippen molar-refractivity contribution >= 4 is 31.9 Å². The van der Waals surface area contributed by atoms with Crippen molar-refractivity contribution in [3.05, 3.63) is 26.6 Å². The Kier molecular flexibility index (Phi) is 6.57. The summed E-state index contributed by atoms with van der Waals surface area (Å²) in [5.74, 6) is 2.57. The summed E-state index contributed by atoms with van der Waals surface area (Å²) in [4.78, 5) is 0. The molecule has 0 radical (unpaired) electrons. The lowest BCUT2D eigenvalue weighted by Gasteiger charge is -2.32. The van der Waals surface area contributed by atoms with Gasteiger partial charge in [0.15, 0.2) is 0 Å². The lowest BCUT2D eigenvalue weighted by molar-refractivity contribution is 0.238. The number of nitrogens with one attached hydrogen (secondary N) is 1. The molecule has 0 heterocycles. The number of hydrogen-bond acceptors (Lipinski definition) is 2. The fraction of sp³-hybridized carbons (Fsp3) is 0.647. The van der Waals surface area contributed by atoms with Crippen LogP contribution < -0.4 is 10.1 Å². The molecular formula is C17H25Br2NO. The minimum Gasteiger partial charge on any atom is -0.492 e. The van der Waals surface area contributed by atoms with Crippen molar-refractivity contribution in [2.75, 3.05) is 6.61 Å². The van der Waals surface area contributed by atoms with Gasteiger partial charge in [0.25, 0.3) is 0 Å². The van der Waals surface area contributed by atoms with Gasteiger partial charge in [0.1, 0.15) is 5.75 Å². The predicted molar refractivity (Wildman–Crippen MR) is 95.8 cm³/mol. The van der Waals surface area contributed by atoms with Crippen LogP contribution in [-0.4, -0.2) is 12.6 Å². The Morgan fingerprint density at radius 1 is 1.10 bits per heavy atom. The molecule has 2 atom stereocenters. The van der Waals surface area contributed by atoms with Gasteiger partial charge in [0.2, 0.25) is 0 Å². The smallest absolute Gasteiger partial charge is 0.147 e. The molecule has 0 aromatic heterocycles. The second-order valence-electron chi connectivity index (χ2n) is 6.32. The summed E-state index contributed by atoms with van der Waals surface area (Å²) in [7, 11) is 0. The molecule has 0 aliphatic heterocycles. The zero-order valence-corrected chi connectivity index (χ0v) is 16.3. The van der Waals surface area contributed by atoms with Crippen LogP contribution in [0, 0.1) is 11.8 Å². The predicted octanol–water partition coefficient (Wildman–Crippen LogP) is 5.52. The second kappa shape index (κ2) is 7.98. The topological polar surface area (TPSA) is 21.3 Å². The van der Waals surface area contributed by atoms with E-state index >= 15 is 0 Å². The average molecular weight is 419 g/mol. The molecule has 21 heavy (non-hydrogen) atoms. The van der Waals surface area contributed by atoms with Gasteiger partial charge < -0.3 is 10.1 Å². The fourth-order valence-electron chi connectivity index (χ4n) is 3.37. The van der Waals surface area contributed by atoms with Crippen LogP contribution in [0.25, 0.3) is 0 Å². The summed E-state index contributed by atoms with van der Waals surface area (Å²) in [5, 5.41) is 3.72. The Morgan fingerprint density at radius 3 is 2.19 bits per heavy atom. The van der Waals surface area contributed by atoms with Gasteiger partial charge in [-0.25, -0.2) is 0 Å². The van der Waals surface area contributed by atoms with Gasteiger partial charge in [0.05, 0.1) is 15.6 Å². The molecule has 0 amide bonds. The van der Waals surface area contributed by atoms with Crippen molar-refractivity contribution in [3.8, 4) is 5.75 Å². The van der Waals surface area contributed by atoms with E-state index in [1.165, 1.54) is 24.8 Å². The van der Waals surface area contributed by atoms with Crippen LogP contribution in [0.15, 0.2) is 21.1 Å². The minimum atomic E-state index is 0.646. The van der Waals surface area contributed by atoms with E-state index in [1.54, 1.807) is 0 Å². The zero-order valence-electron chi connectivity index (χ0n) is 13.1. The molecule has 2 rings (SSSR count). The molecule has 118 valence electrons. The van der Waals surface area contributed by atoms with E-state index in [9.17, 15) is 0 Å². The Bertz CT molecular complexity index is 445. The normalized spacial score (nSPS) is 25.9. The van der Waals surface area contributed by atoms with Crippen LogP contribution in [0.3, 0.4) is 0 Å². The first-order valence-electron chi connectivity index (χ1n) is 7.83. The van der Waals surface area contributed by atoms with Crippen LogP contribution in [0.4, 0.5) is 0 Å². The summed E-state index contributed by atoms with van der Waals surface area (Å²) in [5.41, 5.74) is 1.28. The third-order valence-corrected chi connectivity index (χ3v) is 5.30.